The normalized spacial score (nSPS) is 11.7. The van der Waals surface area contributed by atoms with Crippen LogP contribution in [0.4, 0.5) is 0 Å². The highest BCUT2D eigenvalue weighted by atomic mass is 35.5. The summed E-state index contributed by atoms with van der Waals surface area (Å²) < 4.78 is 11.0. The van der Waals surface area contributed by atoms with Gasteiger partial charge in [-0.05, 0) is 13.0 Å². The fraction of sp³-hybridized carbons (Fsp3) is 0.0625. The number of halogens is 1. The molecule has 2 heterocycles. The van der Waals surface area contributed by atoms with Crippen LogP contribution in [0.3, 0.4) is 0 Å². The molecule has 0 saturated heterocycles. The number of aryl methyl sites for hydroxylation is 1. The summed E-state index contributed by atoms with van der Waals surface area (Å²) in [6.07, 6.45) is 1.56. The Balaban J connectivity index is 2.40. The first-order chi connectivity index (χ1) is 9.66. The molecule has 4 aromatic rings. The summed E-state index contributed by atoms with van der Waals surface area (Å²) in [6.45, 7) is 1.82. The van der Waals surface area contributed by atoms with Gasteiger partial charge in [0.1, 0.15) is 11.0 Å². The van der Waals surface area contributed by atoms with Crippen LogP contribution in [0, 0.1) is 6.92 Å². The molecule has 0 radical (unpaired) electrons. The average molecular weight is 285 g/mol. The van der Waals surface area contributed by atoms with Crippen LogP contribution >= 0.6 is 11.6 Å². The third-order valence-corrected chi connectivity index (χ3v) is 3.88. The maximum absolute atomic E-state index is 12.1. The van der Waals surface area contributed by atoms with Crippen LogP contribution < -0.4 is 5.63 Å². The molecule has 2 aromatic carbocycles. The zero-order valence-corrected chi connectivity index (χ0v) is 11.3. The number of rotatable bonds is 0. The lowest BCUT2D eigenvalue weighted by Crippen LogP contribution is -1.99. The van der Waals surface area contributed by atoms with E-state index in [1.165, 1.54) is 0 Å². The van der Waals surface area contributed by atoms with Crippen LogP contribution in [0.1, 0.15) is 5.56 Å². The Morgan fingerprint density at radius 3 is 2.60 bits per heavy atom. The second-order valence-corrected chi connectivity index (χ2v) is 5.20. The van der Waals surface area contributed by atoms with E-state index in [0.717, 1.165) is 21.7 Å². The molecule has 0 unspecified atom stereocenters. The molecule has 0 spiro atoms. The van der Waals surface area contributed by atoms with Crippen molar-refractivity contribution < 1.29 is 8.83 Å². The largest absolute Gasteiger partial charge is 0.463 e. The maximum Gasteiger partial charge on any atom is 0.347 e. The van der Waals surface area contributed by atoms with Crippen molar-refractivity contribution in [2.24, 2.45) is 0 Å². The van der Waals surface area contributed by atoms with Gasteiger partial charge >= 0.3 is 5.63 Å². The van der Waals surface area contributed by atoms with Crippen molar-refractivity contribution in [2.75, 3.05) is 0 Å². The van der Waals surface area contributed by atoms with Gasteiger partial charge in [-0.1, -0.05) is 35.9 Å². The van der Waals surface area contributed by atoms with Gasteiger partial charge in [-0.15, -0.1) is 0 Å². The van der Waals surface area contributed by atoms with E-state index in [1.807, 2.05) is 31.2 Å². The first-order valence-corrected chi connectivity index (χ1v) is 6.56. The van der Waals surface area contributed by atoms with Gasteiger partial charge in [-0.25, -0.2) is 4.79 Å². The molecule has 3 nitrogen and oxygen atoms in total. The predicted molar refractivity (Wildman–Crippen MR) is 79.5 cm³/mol. The minimum Gasteiger partial charge on any atom is -0.463 e. The van der Waals surface area contributed by atoms with E-state index in [0.29, 0.717) is 21.6 Å². The zero-order valence-electron chi connectivity index (χ0n) is 10.6. The minimum absolute atomic E-state index is 0.383. The summed E-state index contributed by atoms with van der Waals surface area (Å²) in [6, 6.07) is 9.35. The third-order valence-electron chi connectivity index (χ3n) is 3.56. The molecule has 0 fully saturated rings. The predicted octanol–water partition coefficient (Wildman–Crippen LogP) is 4.65. The minimum atomic E-state index is -0.383. The van der Waals surface area contributed by atoms with Crippen LogP contribution in [0.15, 0.2) is 50.2 Å². The Bertz CT molecular complexity index is 1040. The van der Waals surface area contributed by atoms with E-state index in [2.05, 4.69) is 0 Å². The van der Waals surface area contributed by atoms with Crippen LogP contribution in [0.2, 0.25) is 5.02 Å². The topological polar surface area (TPSA) is 43.4 Å². The number of hydrogen-bond donors (Lipinski definition) is 0. The Hall–Kier alpha value is -2.26. The van der Waals surface area contributed by atoms with Crippen LogP contribution in [0.25, 0.3) is 32.7 Å². The van der Waals surface area contributed by atoms with Crippen molar-refractivity contribution >= 4 is 44.3 Å². The summed E-state index contributed by atoms with van der Waals surface area (Å²) in [5, 5.41) is 3.47. The smallest absolute Gasteiger partial charge is 0.347 e. The summed E-state index contributed by atoms with van der Waals surface area (Å²) in [7, 11) is 0. The highest BCUT2D eigenvalue weighted by Gasteiger charge is 2.16. The van der Waals surface area contributed by atoms with Gasteiger partial charge in [-0.3, -0.25) is 0 Å². The molecule has 4 rings (SSSR count). The molecule has 0 bridgehead atoms. The summed E-state index contributed by atoms with van der Waals surface area (Å²) in [5.41, 5.74) is 1.42. The number of benzene rings is 2. The lowest BCUT2D eigenvalue weighted by Gasteiger charge is -2.05. The van der Waals surface area contributed by atoms with E-state index in [1.54, 1.807) is 12.3 Å². The number of furan rings is 1. The summed E-state index contributed by atoms with van der Waals surface area (Å²) in [4.78, 5) is 12.1. The van der Waals surface area contributed by atoms with Crippen molar-refractivity contribution in [1.29, 1.82) is 0 Å². The van der Waals surface area contributed by atoms with Gasteiger partial charge in [0.2, 0.25) is 0 Å². The molecule has 0 atom stereocenters. The van der Waals surface area contributed by atoms with Gasteiger partial charge in [0.15, 0.2) is 5.58 Å². The van der Waals surface area contributed by atoms with Crippen molar-refractivity contribution in [2.45, 2.75) is 6.92 Å². The van der Waals surface area contributed by atoms with Crippen molar-refractivity contribution in [3.05, 3.63) is 57.6 Å². The molecule has 0 aliphatic heterocycles. The molecule has 0 saturated carbocycles. The SMILES string of the molecule is Cc1coc2c1c(=O)oc1c3ccccc3c(Cl)cc21. The Labute approximate surface area is 118 Å². The fourth-order valence-electron chi connectivity index (χ4n) is 2.62. The van der Waals surface area contributed by atoms with E-state index in [4.69, 9.17) is 20.4 Å². The lowest BCUT2D eigenvalue weighted by molar-refractivity contribution is 0.567. The van der Waals surface area contributed by atoms with Gasteiger partial charge in [0.05, 0.1) is 11.6 Å². The number of fused-ring (bicyclic) bond motifs is 5. The quantitative estimate of drug-likeness (QED) is 0.348. The average Bonchev–Trinajstić information content (AvgIpc) is 2.84. The molecule has 0 N–H and O–H groups in total. The molecule has 4 heteroatoms. The maximum atomic E-state index is 12.1. The summed E-state index contributed by atoms with van der Waals surface area (Å²) in [5.74, 6) is 0. The van der Waals surface area contributed by atoms with Crippen LogP contribution in [0.5, 0.6) is 0 Å². The van der Waals surface area contributed by atoms with E-state index in [-0.39, 0.29) is 5.63 Å². The molecule has 0 aliphatic rings. The molecule has 20 heavy (non-hydrogen) atoms. The molecule has 2 aromatic heterocycles. The van der Waals surface area contributed by atoms with Gasteiger partial charge in [0, 0.05) is 21.4 Å². The zero-order chi connectivity index (χ0) is 13.9. The highest BCUT2D eigenvalue weighted by molar-refractivity contribution is 6.37. The molecular weight excluding hydrogens is 276 g/mol. The van der Waals surface area contributed by atoms with Crippen molar-refractivity contribution in [3.63, 3.8) is 0 Å². The van der Waals surface area contributed by atoms with Gasteiger partial charge in [-0.2, -0.15) is 0 Å². The first kappa shape index (κ1) is 11.6. The van der Waals surface area contributed by atoms with E-state index >= 15 is 0 Å². The first-order valence-electron chi connectivity index (χ1n) is 6.18. The molecular formula is C16H9ClO3. The summed E-state index contributed by atoms with van der Waals surface area (Å²) >= 11 is 6.32. The second-order valence-electron chi connectivity index (χ2n) is 4.79. The second kappa shape index (κ2) is 3.87. The fourth-order valence-corrected chi connectivity index (χ4v) is 2.90. The highest BCUT2D eigenvalue weighted by Crippen LogP contribution is 2.35. The van der Waals surface area contributed by atoms with Gasteiger partial charge in [0.25, 0.3) is 0 Å². The Morgan fingerprint density at radius 2 is 1.80 bits per heavy atom. The van der Waals surface area contributed by atoms with E-state index < -0.39 is 0 Å². The van der Waals surface area contributed by atoms with E-state index in [9.17, 15) is 4.79 Å². The molecule has 0 aliphatic carbocycles. The standard InChI is InChI=1S/C16H9ClO3/c1-8-7-19-15-11-6-12(17)9-4-2-3-5-10(9)14(11)20-16(18)13(8)15/h2-7H,1H3. The van der Waals surface area contributed by atoms with Crippen LogP contribution in [-0.2, 0) is 0 Å². The lowest BCUT2D eigenvalue weighted by atomic mass is 10.1. The Morgan fingerprint density at radius 1 is 1.05 bits per heavy atom. The number of hydrogen-bond acceptors (Lipinski definition) is 3. The monoisotopic (exact) mass is 284 g/mol. The van der Waals surface area contributed by atoms with Crippen molar-refractivity contribution in [3.8, 4) is 0 Å². The molecule has 0 amide bonds. The van der Waals surface area contributed by atoms with Gasteiger partial charge < -0.3 is 8.83 Å². The van der Waals surface area contributed by atoms with Crippen molar-refractivity contribution in [1.82, 2.24) is 0 Å². The third kappa shape index (κ3) is 1.38. The Kier molecular flexibility index (Phi) is 2.24. The van der Waals surface area contributed by atoms with Crippen LogP contribution in [-0.4, -0.2) is 0 Å². The molecule has 98 valence electrons.